The van der Waals surface area contributed by atoms with E-state index in [9.17, 15) is 14.4 Å². The third-order valence-corrected chi connectivity index (χ3v) is 6.44. The van der Waals surface area contributed by atoms with Crippen LogP contribution in [0.3, 0.4) is 0 Å². The zero-order valence-corrected chi connectivity index (χ0v) is 22.2. The van der Waals surface area contributed by atoms with Crippen LogP contribution < -0.4 is 5.32 Å². The highest BCUT2D eigenvalue weighted by Gasteiger charge is 2.46. The second-order valence-electron chi connectivity index (χ2n) is 8.10. The molecule has 1 saturated heterocycles. The van der Waals surface area contributed by atoms with E-state index in [0.717, 1.165) is 25.9 Å². The van der Waals surface area contributed by atoms with E-state index in [0.29, 0.717) is 6.42 Å². The minimum Gasteiger partial charge on any atom is -0.464 e. The molecule has 1 aliphatic rings. The van der Waals surface area contributed by atoms with Gasteiger partial charge in [-0.1, -0.05) is 52.1 Å². The van der Waals surface area contributed by atoms with Crippen LogP contribution in [0.5, 0.6) is 0 Å². The van der Waals surface area contributed by atoms with Crippen molar-refractivity contribution < 1.29 is 28.6 Å². The highest BCUT2D eigenvalue weighted by atomic mass is 127. The first-order valence-electron chi connectivity index (χ1n) is 10.0. The number of carbonyl (C=O) groups is 3. The fourth-order valence-corrected chi connectivity index (χ4v) is 3.46. The lowest BCUT2D eigenvalue weighted by Gasteiger charge is -2.40. The molecule has 1 rings (SSSR count). The molecule has 29 heavy (non-hydrogen) atoms. The highest BCUT2D eigenvalue weighted by molar-refractivity contribution is 14.1. The molecule has 1 aliphatic heterocycles. The van der Waals surface area contributed by atoms with Crippen molar-refractivity contribution in [1.29, 1.82) is 0 Å². The van der Waals surface area contributed by atoms with E-state index in [-0.39, 0.29) is 27.0 Å². The van der Waals surface area contributed by atoms with E-state index in [1.165, 1.54) is 0 Å². The molecule has 1 heterocycles. The Hall–Kier alpha value is -0.170. The average molecular weight is 637 g/mol. The predicted molar refractivity (Wildman–Crippen MR) is 127 cm³/mol. The van der Waals surface area contributed by atoms with Crippen LogP contribution in [0.1, 0.15) is 53.9 Å². The van der Waals surface area contributed by atoms with Crippen molar-refractivity contribution in [2.75, 3.05) is 26.3 Å². The smallest absolute Gasteiger partial charge is 0.319 e. The van der Waals surface area contributed by atoms with Crippen LogP contribution in [0.2, 0.25) is 0 Å². The summed E-state index contributed by atoms with van der Waals surface area (Å²) >= 11 is 3.92. The Balaban J connectivity index is 3.00. The number of alkyl halides is 2. The maximum absolute atomic E-state index is 13.3. The van der Waals surface area contributed by atoms with Gasteiger partial charge in [-0.25, -0.2) is 0 Å². The second kappa shape index (κ2) is 12.0. The molecule has 0 spiro atoms. The summed E-state index contributed by atoms with van der Waals surface area (Å²) < 4.78 is 16.0. The van der Waals surface area contributed by atoms with Crippen LogP contribution in [0, 0.1) is 11.3 Å². The van der Waals surface area contributed by atoms with Crippen molar-refractivity contribution in [1.82, 2.24) is 5.32 Å². The molecule has 7 nitrogen and oxygen atoms in total. The van der Waals surface area contributed by atoms with Crippen molar-refractivity contribution >= 4 is 63.1 Å². The van der Waals surface area contributed by atoms with Crippen molar-refractivity contribution in [3.8, 4) is 0 Å². The van der Waals surface area contributed by atoms with E-state index >= 15 is 0 Å². The van der Waals surface area contributed by atoms with E-state index < -0.39 is 28.9 Å². The summed E-state index contributed by atoms with van der Waals surface area (Å²) in [5.41, 5.74) is -1.90. The number of hydrogen-bond acceptors (Lipinski definition) is 7. The Morgan fingerprint density at radius 2 is 1.45 bits per heavy atom. The van der Waals surface area contributed by atoms with Crippen molar-refractivity contribution in [3.63, 3.8) is 0 Å². The van der Waals surface area contributed by atoms with E-state index in [4.69, 9.17) is 14.2 Å². The first kappa shape index (κ1) is 26.9. The minimum absolute atomic E-state index is 0.181. The van der Waals surface area contributed by atoms with Gasteiger partial charge in [-0.15, -0.1) is 0 Å². The number of ether oxygens (including phenoxy) is 3. The van der Waals surface area contributed by atoms with E-state index in [1.807, 2.05) is 59.0 Å². The molecule has 1 N–H and O–H groups in total. The van der Waals surface area contributed by atoms with Crippen molar-refractivity contribution in [2.24, 2.45) is 11.3 Å². The molecule has 0 amide bonds. The lowest BCUT2D eigenvalue weighted by atomic mass is 9.82. The zero-order valence-electron chi connectivity index (χ0n) is 17.9. The largest absolute Gasteiger partial charge is 0.464 e. The molecule has 168 valence electrons. The maximum Gasteiger partial charge on any atom is 0.319 e. The van der Waals surface area contributed by atoms with Gasteiger partial charge in [0.2, 0.25) is 0 Å². The second-order valence-corrected chi connectivity index (χ2v) is 11.8. The fraction of sp³-hybridized carbons (Fsp3) is 0.850. The predicted octanol–water partition coefficient (Wildman–Crippen LogP) is 3.44. The number of halogens is 2. The molecule has 2 unspecified atom stereocenters. The van der Waals surface area contributed by atoms with E-state index in [2.05, 4.69) is 5.32 Å². The van der Waals surface area contributed by atoms with Gasteiger partial charge >= 0.3 is 17.9 Å². The summed E-state index contributed by atoms with van der Waals surface area (Å²) in [6, 6.07) is 0. The molecule has 1 fully saturated rings. The van der Waals surface area contributed by atoms with Gasteiger partial charge in [0.25, 0.3) is 0 Å². The molecule has 2 atom stereocenters. The Morgan fingerprint density at radius 1 is 1.00 bits per heavy atom. The number of carbonyl (C=O) groups excluding carboxylic acids is 3. The third kappa shape index (κ3) is 8.12. The molecule has 0 saturated carbocycles. The minimum atomic E-state index is -1.23. The maximum atomic E-state index is 13.3. The normalized spacial score (nSPS) is 19.6. The first-order chi connectivity index (χ1) is 13.4. The molecule has 9 heteroatoms. The van der Waals surface area contributed by atoms with Crippen LogP contribution in [0.4, 0.5) is 0 Å². The Kier molecular flexibility index (Phi) is 11.1. The van der Waals surface area contributed by atoms with Crippen molar-refractivity contribution in [3.05, 3.63) is 0 Å². The quantitative estimate of drug-likeness (QED) is 0.170. The third-order valence-electron chi connectivity index (χ3n) is 5.42. The van der Waals surface area contributed by atoms with Gasteiger partial charge < -0.3 is 19.5 Å². The van der Waals surface area contributed by atoms with Gasteiger partial charge in [0, 0.05) is 5.92 Å². The fourth-order valence-electron chi connectivity index (χ4n) is 3.10. The molecule has 0 aromatic rings. The van der Waals surface area contributed by atoms with Crippen LogP contribution in [0.15, 0.2) is 0 Å². The van der Waals surface area contributed by atoms with Gasteiger partial charge in [-0.3, -0.25) is 14.4 Å². The van der Waals surface area contributed by atoms with Crippen LogP contribution >= 0.6 is 45.2 Å². The number of hydrogen-bond donors (Lipinski definition) is 1. The standard InChI is InChI=1S/C20H33I2NO6/c1-6-20(11-27-16(24)13(2)21,12-28-17(25)14(3)22)18(26)29-19(4,5)15-7-9-23-10-8-15/h13-15,23H,6-12H2,1-5H3. The summed E-state index contributed by atoms with van der Waals surface area (Å²) in [6.07, 6.45) is 2.16. The average Bonchev–Trinajstić information content (AvgIpc) is 2.68. The van der Waals surface area contributed by atoms with Crippen LogP contribution in [-0.2, 0) is 28.6 Å². The Labute approximate surface area is 201 Å². The molecular weight excluding hydrogens is 604 g/mol. The number of esters is 3. The van der Waals surface area contributed by atoms with Crippen molar-refractivity contribution in [2.45, 2.75) is 67.3 Å². The summed E-state index contributed by atoms with van der Waals surface area (Å²) in [5.74, 6) is -1.09. The van der Waals surface area contributed by atoms with Gasteiger partial charge in [0.05, 0.1) is 0 Å². The number of piperidine rings is 1. The molecule has 0 aliphatic carbocycles. The van der Waals surface area contributed by atoms with Gasteiger partial charge in [0.1, 0.15) is 32.1 Å². The monoisotopic (exact) mass is 637 g/mol. The number of rotatable bonds is 10. The SMILES string of the molecule is CCC(COC(=O)C(C)I)(COC(=O)C(C)I)C(=O)OC(C)(C)C1CCNCC1. The van der Waals surface area contributed by atoms with Gasteiger partial charge in [-0.2, -0.15) is 0 Å². The van der Waals surface area contributed by atoms with Crippen LogP contribution in [0.25, 0.3) is 0 Å². The lowest BCUT2D eigenvalue weighted by Crippen LogP contribution is -2.49. The highest BCUT2D eigenvalue weighted by Crippen LogP contribution is 2.34. The summed E-state index contributed by atoms with van der Waals surface area (Å²) in [7, 11) is 0. The topological polar surface area (TPSA) is 90.9 Å². The van der Waals surface area contributed by atoms with Gasteiger partial charge in [-0.05, 0) is 60.0 Å². The summed E-state index contributed by atoms with van der Waals surface area (Å²) in [4.78, 5) is 37.3. The molecule has 0 aromatic carbocycles. The molecule has 0 aromatic heterocycles. The molecule has 0 radical (unpaired) electrons. The molecular formula is C20H33I2NO6. The summed E-state index contributed by atoms with van der Waals surface area (Å²) in [6.45, 7) is 10.5. The zero-order chi connectivity index (χ0) is 22.2. The summed E-state index contributed by atoms with van der Waals surface area (Å²) in [5, 5.41) is 3.31. The lowest BCUT2D eigenvalue weighted by molar-refractivity contribution is -0.186. The Bertz CT molecular complexity index is 549. The van der Waals surface area contributed by atoms with E-state index in [1.54, 1.807) is 20.8 Å². The van der Waals surface area contributed by atoms with Gasteiger partial charge in [0.15, 0.2) is 0 Å². The van der Waals surface area contributed by atoms with Crippen LogP contribution in [-0.4, -0.2) is 57.7 Å². The number of nitrogens with one attached hydrogen (secondary N) is 1. The first-order valence-corrected chi connectivity index (χ1v) is 12.5. The molecule has 0 bridgehead atoms. The Morgan fingerprint density at radius 3 is 1.83 bits per heavy atom.